The van der Waals surface area contributed by atoms with Crippen LogP contribution in [0.4, 0.5) is 0 Å². The zero-order valence-electron chi connectivity index (χ0n) is 7.36. The van der Waals surface area contributed by atoms with Crippen molar-refractivity contribution in [3.63, 3.8) is 0 Å². The van der Waals surface area contributed by atoms with E-state index in [-0.39, 0.29) is 5.69 Å². The van der Waals surface area contributed by atoms with Crippen molar-refractivity contribution in [2.75, 3.05) is 13.2 Å². The minimum atomic E-state index is -1.10. The third-order valence-electron chi connectivity index (χ3n) is 1.84. The lowest BCUT2D eigenvalue weighted by Crippen LogP contribution is -2.16. The first-order valence-electron chi connectivity index (χ1n) is 4.20. The Morgan fingerprint density at radius 2 is 2.50 bits per heavy atom. The van der Waals surface area contributed by atoms with Crippen molar-refractivity contribution in [2.24, 2.45) is 0 Å². The van der Waals surface area contributed by atoms with E-state index in [0.29, 0.717) is 31.3 Å². The van der Waals surface area contributed by atoms with Gasteiger partial charge in [0.25, 0.3) is 0 Å². The Bertz CT molecular complexity index is 367. The largest absolute Gasteiger partial charge is 0.476 e. The molecule has 0 fully saturated rings. The Morgan fingerprint density at radius 3 is 3.29 bits per heavy atom. The molecule has 74 valence electrons. The molecular weight excluding hydrogens is 186 g/mol. The summed E-state index contributed by atoms with van der Waals surface area (Å²) in [4.78, 5) is 18.4. The lowest BCUT2D eigenvalue weighted by molar-refractivity contribution is 0.0688. The molecule has 1 aromatic heterocycles. The molecule has 14 heavy (non-hydrogen) atoms. The molecule has 0 bridgehead atoms. The van der Waals surface area contributed by atoms with Gasteiger partial charge in [-0.3, -0.25) is 4.98 Å². The van der Waals surface area contributed by atoms with Gasteiger partial charge in [-0.2, -0.15) is 0 Å². The summed E-state index contributed by atoms with van der Waals surface area (Å²) in [6, 6.07) is 0. The third-order valence-corrected chi connectivity index (χ3v) is 1.84. The SMILES string of the molecule is O=C(O)c1cnc2c(n1)OCCNC2. The molecule has 0 saturated carbocycles. The number of carbonyl (C=O) groups is 1. The highest BCUT2D eigenvalue weighted by Gasteiger charge is 2.14. The molecule has 2 heterocycles. The monoisotopic (exact) mass is 195 g/mol. The highest BCUT2D eigenvalue weighted by atomic mass is 16.5. The van der Waals surface area contributed by atoms with E-state index in [4.69, 9.17) is 9.84 Å². The minimum Gasteiger partial charge on any atom is -0.476 e. The average molecular weight is 195 g/mol. The van der Waals surface area contributed by atoms with Gasteiger partial charge in [-0.05, 0) is 0 Å². The average Bonchev–Trinajstić information content (AvgIpc) is 2.41. The van der Waals surface area contributed by atoms with Gasteiger partial charge < -0.3 is 15.2 Å². The molecular formula is C8H9N3O3. The zero-order chi connectivity index (χ0) is 9.97. The molecule has 0 aliphatic carbocycles. The normalized spacial score (nSPS) is 15.1. The first-order valence-corrected chi connectivity index (χ1v) is 4.20. The van der Waals surface area contributed by atoms with E-state index in [1.165, 1.54) is 6.20 Å². The fourth-order valence-corrected chi connectivity index (χ4v) is 1.16. The van der Waals surface area contributed by atoms with Crippen molar-refractivity contribution < 1.29 is 14.6 Å². The smallest absolute Gasteiger partial charge is 0.356 e. The predicted octanol–water partition coefficient (Wildman–Crippen LogP) is -0.343. The second-order valence-corrected chi connectivity index (χ2v) is 2.84. The summed E-state index contributed by atoms with van der Waals surface area (Å²) in [5.74, 6) is -0.781. The number of hydrogen-bond acceptors (Lipinski definition) is 5. The molecule has 6 heteroatoms. The summed E-state index contributed by atoms with van der Waals surface area (Å²) >= 11 is 0. The van der Waals surface area contributed by atoms with Gasteiger partial charge in [0, 0.05) is 13.1 Å². The molecule has 0 unspecified atom stereocenters. The maximum absolute atomic E-state index is 10.6. The molecule has 6 nitrogen and oxygen atoms in total. The van der Waals surface area contributed by atoms with Crippen LogP contribution in [0.15, 0.2) is 6.20 Å². The van der Waals surface area contributed by atoms with Crippen molar-refractivity contribution in [3.05, 3.63) is 17.6 Å². The first-order chi connectivity index (χ1) is 6.77. The molecule has 1 aliphatic rings. The number of aromatic carboxylic acids is 1. The van der Waals surface area contributed by atoms with Crippen LogP contribution in [0.3, 0.4) is 0 Å². The van der Waals surface area contributed by atoms with E-state index in [1.807, 2.05) is 0 Å². The fraction of sp³-hybridized carbons (Fsp3) is 0.375. The van der Waals surface area contributed by atoms with Crippen LogP contribution in [0, 0.1) is 0 Å². The van der Waals surface area contributed by atoms with Crippen molar-refractivity contribution in [3.8, 4) is 5.88 Å². The molecule has 1 aliphatic heterocycles. The number of fused-ring (bicyclic) bond motifs is 1. The van der Waals surface area contributed by atoms with Crippen molar-refractivity contribution in [1.82, 2.24) is 15.3 Å². The number of carboxylic acid groups (broad SMARTS) is 1. The Balaban J connectivity index is 2.37. The number of aromatic nitrogens is 2. The summed E-state index contributed by atoms with van der Waals surface area (Å²) in [5.41, 5.74) is 0.554. The van der Waals surface area contributed by atoms with Gasteiger partial charge in [-0.1, -0.05) is 0 Å². The van der Waals surface area contributed by atoms with E-state index in [2.05, 4.69) is 15.3 Å². The minimum absolute atomic E-state index is 0.0920. The summed E-state index contributed by atoms with van der Waals surface area (Å²) in [6.45, 7) is 1.74. The second kappa shape index (κ2) is 3.59. The van der Waals surface area contributed by atoms with Gasteiger partial charge in [-0.15, -0.1) is 0 Å². The van der Waals surface area contributed by atoms with E-state index >= 15 is 0 Å². The standard InChI is InChI=1S/C8H9N3O3/c12-8(13)6-4-10-5-3-9-1-2-14-7(5)11-6/h4,9H,1-3H2,(H,12,13). The molecule has 1 aromatic rings. The molecule has 0 saturated heterocycles. The zero-order valence-corrected chi connectivity index (χ0v) is 7.36. The Hall–Kier alpha value is -1.69. The van der Waals surface area contributed by atoms with Crippen LogP contribution in [-0.4, -0.2) is 34.2 Å². The summed E-state index contributed by atoms with van der Waals surface area (Å²) in [6.07, 6.45) is 1.23. The molecule has 2 rings (SSSR count). The molecule has 0 atom stereocenters. The highest BCUT2D eigenvalue weighted by Crippen LogP contribution is 2.14. The fourth-order valence-electron chi connectivity index (χ4n) is 1.16. The number of nitrogens with one attached hydrogen (secondary N) is 1. The Kier molecular flexibility index (Phi) is 2.28. The predicted molar refractivity (Wildman–Crippen MR) is 46.2 cm³/mol. The number of ether oxygens (including phenoxy) is 1. The topological polar surface area (TPSA) is 84.3 Å². The van der Waals surface area contributed by atoms with Crippen LogP contribution in [0.2, 0.25) is 0 Å². The van der Waals surface area contributed by atoms with Gasteiger partial charge in [0.05, 0.1) is 6.20 Å². The summed E-state index contributed by atoms with van der Waals surface area (Å²) < 4.78 is 5.24. The van der Waals surface area contributed by atoms with Gasteiger partial charge in [0.15, 0.2) is 5.69 Å². The van der Waals surface area contributed by atoms with Crippen LogP contribution in [0.25, 0.3) is 0 Å². The molecule has 0 amide bonds. The van der Waals surface area contributed by atoms with E-state index < -0.39 is 5.97 Å². The van der Waals surface area contributed by atoms with Gasteiger partial charge in [0.2, 0.25) is 5.88 Å². The number of carboxylic acids is 1. The second-order valence-electron chi connectivity index (χ2n) is 2.84. The molecule has 0 aromatic carbocycles. The number of hydrogen-bond donors (Lipinski definition) is 2. The maximum Gasteiger partial charge on any atom is 0.356 e. The maximum atomic E-state index is 10.6. The van der Waals surface area contributed by atoms with E-state index in [1.54, 1.807) is 0 Å². The molecule has 0 spiro atoms. The quantitative estimate of drug-likeness (QED) is 0.637. The Labute approximate surface area is 79.9 Å². The number of rotatable bonds is 1. The van der Waals surface area contributed by atoms with Crippen molar-refractivity contribution in [1.29, 1.82) is 0 Å². The first kappa shape index (κ1) is 8.89. The summed E-state index contributed by atoms with van der Waals surface area (Å²) in [5, 5.41) is 11.8. The molecule has 2 N–H and O–H groups in total. The van der Waals surface area contributed by atoms with Crippen LogP contribution in [0.1, 0.15) is 16.2 Å². The van der Waals surface area contributed by atoms with Crippen LogP contribution >= 0.6 is 0 Å². The van der Waals surface area contributed by atoms with Gasteiger partial charge >= 0.3 is 5.97 Å². The van der Waals surface area contributed by atoms with Crippen molar-refractivity contribution >= 4 is 5.97 Å². The lowest BCUT2D eigenvalue weighted by atomic mass is 10.4. The lowest BCUT2D eigenvalue weighted by Gasteiger charge is -2.04. The van der Waals surface area contributed by atoms with Gasteiger partial charge in [0.1, 0.15) is 12.3 Å². The van der Waals surface area contributed by atoms with E-state index in [9.17, 15) is 4.79 Å². The van der Waals surface area contributed by atoms with Crippen molar-refractivity contribution in [2.45, 2.75) is 6.54 Å². The molecule has 0 radical (unpaired) electrons. The van der Waals surface area contributed by atoms with E-state index in [0.717, 1.165) is 0 Å². The van der Waals surface area contributed by atoms with Crippen LogP contribution < -0.4 is 10.1 Å². The van der Waals surface area contributed by atoms with Gasteiger partial charge in [-0.25, -0.2) is 9.78 Å². The van der Waals surface area contributed by atoms with Crippen LogP contribution in [-0.2, 0) is 6.54 Å². The highest BCUT2D eigenvalue weighted by molar-refractivity contribution is 5.85. The summed E-state index contributed by atoms with van der Waals surface area (Å²) in [7, 11) is 0. The third kappa shape index (κ3) is 1.64. The number of nitrogens with zero attached hydrogens (tertiary/aromatic N) is 2. The Morgan fingerprint density at radius 1 is 1.64 bits per heavy atom. The van der Waals surface area contributed by atoms with Crippen LogP contribution in [0.5, 0.6) is 5.88 Å².